The number of benzene rings is 2. The van der Waals surface area contributed by atoms with Crippen molar-refractivity contribution >= 4 is 5.91 Å². The van der Waals surface area contributed by atoms with Gasteiger partial charge in [0.15, 0.2) is 0 Å². The molecule has 1 saturated carbocycles. The summed E-state index contributed by atoms with van der Waals surface area (Å²) >= 11 is 0. The first-order chi connectivity index (χ1) is 11.8. The van der Waals surface area contributed by atoms with Crippen LogP contribution in [0.2, 0.25) is 0 Å². The molecule has 3 nitrogen and oxygen atoms in total. The number of para-hydroxylation sites is 1. The van der Waals surface area contributed by atoms with Crippen LogP contribution in [-0.4, -0.2) is 24.5 Å². The highest BCUT2D eigenvalue weighted by Crippen LogP contribution is 2.52. The van der Waals surface area contributed by atoms with E-state index in [4.69, 9.17) is 4.74 Å². The van der Waals surface area contributed by atoms with Crippen LogP contribution in [0.1, 0.15) is 42.3 Å². The van der Waals surface area contributed by atoms with Gasteiger partial charge in [0.2, 0.25) is 5.91 Å². The van der Waals surface area contributed by atoms with E-state index in [-0.39, 0.29) is 12.0 Å². The van der Waals surface area contributed by atoms with Gasteiger partial charge in [-0.1, -0.05) is 48.5 Å². The number of nitrogens with zero attached hydrogens (tertiary/aromatic N) is 1. The topological polar surface area (TPSA) is 29.5 Å². The Balaban J connectivity index is 1.51. The molecule has 1 aliphatic heterocycles. The quantitative estimate of drug-likeness (QED) is 0.846. The summed E-state index contributed by atoms with van der Waals surface area (Å²) < 4.78 is 5.47. The van der Waals surface area contributed by atoms with Crippen LogP contribution in [0.5, 0.6) is 5.75 Å². The van der Waals surface area contributed by atoms with Crippen molar-refractivity contribution in [1.82, 2.24) is 4.90 Å². The predicted molar refractivity (Wildman–Crippen MR) is 94.0 cm³/mol. The molecule has 1 heterocycles. The number of carbonyl (C=O) groups is 1. The molecule has 1 saturated heterocycles. The van der Waals surface area contributed by atoms with Gasteiger partial charge in [-0.2, -0.15) is 0 Å². The van der Waals surface area contributed by atoms with Gasteiger partial charge in [0, 0.05) is 12.5 Å². The lowest BCUT2D eigenvalue weighted by Crippen LogP contribution is -2.32. The number of hydrogen-bond acceptors (Lipinski definition) is 2. The van der Waals surface area contributed by atoms with E-state index in [0.29, 0.717) is 11.8 Å². The van der Waals surface area contributed by atoms with E-state index in [1.165, 1.54) is 11.1 Å². The smallest absolute Gasteiger partial charge is 0.226 e. The SMILES string of the molecule is COc1ccccc1[C@@H]1C[C@@H]1C(=O)N1CCC[C@H]1c1ccccc1. The molecule has 0 N–H and O–H groups in total. The van der Waals surface area contributed by atoms with Crippen LogP contribution >= 0.6 is 0 Å². The van der Waals surface area contributed by atoms with E-state index in [1.807, 2.05) is 24.3 Å². The minimum atomic E-state index is 0.116. The zero-order valence-corrected chi connectivity index (χ0v) is 14.0. The number of methoxy groups -OCH3 is 1. The molecular weight excluding hydrogens is 298 g/mol. The minimum absolute atomic E-state index is 0.116. The van der Waals surface area contributed by atoms with E-state index in [9.17, 15) is 4.79 Å². The molecule has 0 radical (unpaired) electrons. The fourth-order valence-corrected chi connectivity index (χ4v) is 4.05. The molecule has 3 heteroatoms. The molecule has 0 aromatic heterocycles. The molecule has 0 bridgehead atoms. The van der Waals surface area contributed by atoms with Gasteiger partial charge in [-0.05, 0) is 42.4 Å². The van der Waals surface area contributed by atoms with Crippen molar-refractivity contribution in [1.29, 1.82) is 0 Å². The Morgan fingerprint density at radius 1 is 1.08 bits per heavy atom. The van der Waals surface area contributed by atoms with Gasteiger partial charge < -0.3 is 9.64 Å². The van der Waals surface area contributed by atoms with Gasteiger partial charge in [-0.25, -0.2) is 0 Å². The summed E-state index contributed by atoms with van der Waals surface area (Å²) in [6, 6.07) is 18.8. The maximum Gasteiger partial charge on any atom is 0.226 e. The largest absolute Gasteiger partial charge is 0.496 e. The summed E-state index contributed by atoms with van der Waals surface area (Å²) in [5.74, 6) is 1.65. The Kier molecular flexibility index (Phi) is 4.01. The van der Waals surface area contributed by atoms with Crippen LogP contribution in [0.15, 0.2) is 54.6 Å². The summed E-state index contributed by atoms with van der Waals surface area (Å²) in [6.45, 7) is 0.882. The van der Waals surface area contributed by atoms with Gasteiger partial charge in [0.05, 0.1) is 13.2 Å². The number of likely N-dealkylation sites (tertiary alicyclic amines) is 1. The Morgan fingerprint density at radius 3 is 2.62 bits per heavy atom. The highest BCUT2D eigenvalue weighted by atomic mass is 16.5. The van der Waals surface area contributed by atoms with Crippen molar-refractivity contribution in [2.45, 2.75) is 31.2 Å². The van der Waals surface area contributed by atoms with Crippen LogP contribution < -0.4 is 4.74 Å². The van der Waals surface area contributed by atoms with Gasteiger partial charge in [-0.15, -0.1) is 0 Å². The predicted octanol–water partition coefficient (Wildman–Crippen LogP) is 4.16. The third kappa shape index (κ3) is 2.68. The molecule has 24 heavy (non-hydrogen) atoms. The second-order valence-electron chi connectivity index (χ2n) is 6.79. The molecule has 3 atom stereocenters. The zero-order chi connectivity index (χ0) is 16.5. The lowest BCUT2D eigenvalue weighted by molar-refractivity contribution is -0.133. The first-order valence-corrected chi connectivity index (χ1v) is 8.78. The van der Waals surface area contributed by atoms with E-state index < -0.39 is 0 Å². The Bertz CT molecular complexity index is 728. The molecule has 124 valence electrons. The van der Waals surface area contributed by atoms with Gasteiger partial charge in [0.25, 0.3) is 0 Å². The van der Waals surface area contributed by atoms with E-state index in [0.717, 1.165) is 31.6 Å². The third-order valence-corrected chi connectivity index (χ3v) is 5.37. The van der Waals surface area contributed by atoms with Crippen molar-refractivity contribution in [2.75, 3.05) is 13.7 Å². The molecule has 2 fully saturated rings. The molecule has 1 aliphatic carbocycles. The third-order valence-electron chi connectivity index (χ3n) is 5.37. The molecule has 2 aromatic carbocycles. The number of rotatable bonds is 4. The molecule has 2 aliphatic rings. The van der Waals surface area contributed by atoms with Gasteiger partial charge in [-0.3, -0.25) is 4.79 Å². The Morgan fingerprint density at radius 2 is 1.83 bits per heavy atom. The molecule has 0 spiro atoms. The summed E-state index contributed by atoms with van der Waals surface area (Å²) in [5.41, 5.74) is 2.44. The van der Waals surface area contributed by atoms with Crippen LogP contribution in [0.25, 0.3) is 0 Å². The minimum Gasteiger partial charge on any atom is -0.496 e. The lowest BCUT2D eigenvalue weighted by atomic mass is 10.0. The van der Waals surface area contributed by atoms with E-state index in [1.54, 1.807) is 7.11 Å². The second-order valence-corrected chi connectivity index (χ2v) is 6.79. The summed E-state index contributed by atoms with van der Waals surface area (Å²) in [4.78, 5) is 15.2. The first-order valence-electron chi connectivity index (χ1n) is 8.78. The molecule has 1 amide bonds. The Labute approximate surface area is 143 Å². The van der Waals surface area contributed by atoms with Crippen LogP contribution in [-0.2, 0) is 4.79 Å². The molecule has 4 rings (SSSR count). The van der Waals surface area contributed by atoms with Crippen molar-refractivity contribution in [2.24, 2.45) is 5.92 Å². The van der Waals surface area contributed by atoms with Crippen LogP contribution in [0.3, 0.4) is 0 Å². The summed E-state index contributed by atoms with van der Waals surface area (Å²) in [7, 11) is 1.70. The number of hydrogen-bond donors (Lipinski definition) is 0. The highest BCUT2D eigenvalue weighted by molar-refractivity contribution is 5.84. The van der Waals surface area contributed by atoms with Crippen LogP contribution in [0, 0.1) is 5.92 Å². The number of carbonyl (C=O) groups excluding carboxylic acids is 1. The summed E-state index contributed by atoms with van der Waals surface area (Å²) in [5, 5.41) is 0. The zero-order valence-electron chi connectivity index (χ0n) is 14.0. The van der Waals surface area contributed by atoms with Crippen molar-refractivity contribution in [3.05, 3.63) is 65.7 Å². The van der Waals surface area contributed by atoms with Crippen molar-refractivity contribution < 1.29 is 9.53 Å². The fraction of sp³-hybridized carbons (Fsp3) is 0.381. The molecule has 0 unspecified atom stereocenters. The average molecular weight is 321 g/mol. The summed E-state index contributed by atoms with van der Waals surface area (Å²) in [6.07, 6.45) is 3.11. The fourth-order valence-electron chi connectivity index (χ4n) is 4.05. The molecule has 2 aromatic rings. The number of amides is 1. The maximum absolute atomic E-state index is 13.1. The van der Waals surface area contributed by atoms with Crippen LogP contribution in [0.4, 0.5) is 0 Å². The van der Waals surface area contributed by atoms with Crippen molar-refractivity contribution in [3.63, 3.8) is 0 Å². The average Bonchev–Trinajstić information content (AvgIpc) is 3.29. The monoisotopic (exact) mass is 321 g/mol. The van der Waals surface area contributed by atoms with E-state index >= 15 is 0 Å². The first kappa shape index (κ1) is 15.3. The second kappa shape index (κ2) is 6.31. The normalized spacial score (nSPS) is 25.5. The Hall–Kier alpha value is -2.29. The van der Waals surface area contributed by atoms with Crippen molar-refractivity contribution in [3.8, 4) is 5.75 Å². The number of ether oxygens (including phenoxy) is 1. The maximum atomic E-state index is 13.1. The highest BCUT2D eigenvalue weighted by Gasteiger charge is 2.48. The van der Waals surface area contributed by atoms with Gasteiger partial charge >= 0.3 is 0 Å². The van der Waals surface area contributed by atoms with E-state index in [2.05, 4.69) is 35.2 Å². The standard InChI is InChI=1S/C21H23NO2/c1-24-20-12-6-5-10-16(20)17-14-18(17)21(23)22-13-7-11-19(22)15-8-3-2-4-9-15/h2-6,8-10,12,17-19H,7,11,13-14H2,1H3/t17-,18-,19-/m0/s1. The van der Waals surface area contributed by atoms with Gasteiger partial charge in [0.1, 0.15) is 5.75 Å². The molecular formula is C21H23NO2. The lowest BCUT2D eigenvalue weighted by Gasteiger charge is -2.25.